The highest BCUT2D eigenvalue weighted by molar-refractivity contribution is 5.84. The van der Waals surface area contributed by atoms with E-state index in [9.17, 15) is 9.90 Å². The molecule has 1 unspecified atom stereocenters. The van der Waals surface area contributed by atoms with Crippen LogP contribution in [0.25, 0.3) is 0 Å². The van der Waals surface area contributed by atoms with Gasteiger partial charge in [-0.3, -0.25) is 0 Å². The predicted molar refractivity (Wildman–Crippen MR) is 87.6 cm³/mol. The fraction of sp³-hybridized carbons (Fsp3) is 0.500. The summed E-state index contributed by atoms with van der Waals surface area (Å²) in [6.07, 6.45) is 3.49. The average molecular weight is 430 g/mol. The summed E-state index contributed by atoms with van der Waals surface area (Å²) in [5, 5.41) is 9.22. The molecular formula is C18H24BrNO6. The van der Waals surface area contributed by atoms with Crippen LogP contribution >= 0.6 is 0 Å². The largest absolute Gasteiger partial charge is 1.00 e. The first-order chi connectivity index (χ1) is 12.0. The molecule has 3 rings (SSSR count). The summed E-state index contributed by atoms with van der Waals surface area (Å²) < 4.78 is 23.3. The van der Waals surface area contributed by atoms with Gasteiger partial charge in [0.25, 0.3) is 5.60 Å². The number of halogens is 1. The number of hydrogen-bond donors (Lipinski definition) is 1. The van der Waals surface area contributed by atoms with Crippen LogP contribution in [0.3, 0.4) is 0 Å². The zero-order chi connectivity index (χ0) is 17.9. The summed E-state index contributed by atoms with van der Waals surface area (Å²) in [5.41, 5.74) is -1.67. The first-order valence-corrected chi connectivity index (χ1v) is 8.34. The second-order valence-electron chi connectivity index (χ2n) is 6.87. The van der Waals surface area contributed by atoms with E-state index in [0.717, 1.165) is 24.0 Å². The Kier molecular flexibility index (Phi) is 6.68. The second kappa shape index (κ2) is 8.39. The lowest BCUT2D eigenvalue weighted by Gasteiger charge is -2.29. The van der Waals surface area contributed by atoms with E-state index in [2.05, 4.69) is 14.1 Å². The van der Waals surface area contributed by atoms with Crippen LogP contribution in [0, 0.1) is 0 Å². The minimum Gasteiger partial charge on any atom is -1.00 e. The second-order valence-corrected chi connectivity index (χ2v) is 6.87. The summed E-state index contributed by atoms with van der Waals surface area (Å²) in [4.78, 5) is 13.2. The summed E-state index contributed by atoms with van der Waals surface area (Å²) in [5.74, 6) is -0.0851. The number of rotatable bonds is 7. The quantitative estimate of drug-likeness (QED) is 0.427. The van der Waals surface area contributed by atoms with Crippen molar-refractivity contribution in [3.8, 4) is 0 Å². The number of carbonyl (C=O) groups is 1. The fourth-order valence-corrected chi connectivity index (χ4v) is 3.24. The van der Waals surface area contributed by atoms with Gasteiger partial charge in [-0.05, 0) is 24.3 Å². The van der Waals surface area contributed by atoms with Crippen LogP contribution in [0.1, 0.15) is 17.9 Å². The maximum atomic E-state index is 13.2. The molecule has 3 heterocycles. The number of aliphatic hydroxyl groups is 1. The third kappa shape index (κ3) is 4.03. The normalized spacial score (nSPS) is 19.1. The molecule has 1 atom stereocenters. The standard InChI is InChI=1S/C18H24NO6.BrH/c1-19(2)8-7-14(13-19)25-17(21)18(24-12-9-20,15-5-3-10-22-15)16-6-4-11-23-16;/h3-6,10-11,14,20H,7-9,12-13H2,1-2H3;1H/q+1;/p-1. The Labute approximate surface area is 162 Å². The molecule has 2 aromatic rings. The minimum absolute atomic E-state index is 0. The molecule has 0 spiro atoms. The Morgan fingerprint density at radius 1 is 1.27 bits per heavy atom. The molecule has 0 radical (unpaired) electrons. The lowest BCUT2D eigenvalue weighted by molar-refractivity contribution is -0.879. The van der Waals surface area contributed by atoms with E-state index in [1.165, 1.54) is 12.5 Å². The van der Waals surface area contributed by atoms with Crippen LogP contribution in [0.5, 0.6) is 0 Å². The monoisotopic (exact) mass is 429 g/mol. The van der Waals surface area contributed by atoms with Gasteiger partial charge in [0.2, 0.25) is 0 Å². The summed E-state index contributed by atoms with van der Waals surface area (Å²) in [6, 6.07) is 6.60. The van der Waals surface area contributed by atoms with E-state index in [1.807, 2.05) is 0 Å². The number of hydrogen-bond acceptors (Lipinski definition) is 6. The molecule has 2 aromatic heterocycles. The van der Waals surface area contributed by atoms with Crippen LogP contribution < -0.4 is 17.0 Å². The zero-order valence-corrected chi connectivity index (χ0v) is 16.5. The van der Waals surface area contributed by atoms with Crippen molar-refractivity contribution in [3.05, 3.63) is 48.3 Å². The highest BCUT2D eigenvalue weighted by Crippen LogP contribution is 2.37. The number of likely N-dealkylation sites (N-methyl/N-ethyl adjacent to an activating group) is 1. The molecule has 1 aliphatic rings. The molecule has 0 saturated carbocycles. The molecule has 1 fully saturated rings. The number of likely N-dealkylation sites (tertiary alicyclic amines) is 1. The van der Waals surface area contributed by atoms with Crippen molar-refractivity contribution in [1.29, 1.82) is 0 Å². The molecule has 0 bridgehead atoms. The Hall–Kier alpha value is -1.61. The molecule has 7 nitrogen and oxygen atoms in total. The smallest absolute Gasteiger partial charge is 0.355 e. The molecule has 1 saturated heterocycles. The van der Waals surface area contributed by atoms with Crippen molar-refractivity contribution >= 4 is 5.97 Å². The summed E-state index contributed by atoms with van der Waals surface area (Å²) >= 11 is 0. The van der Waals surface area contributed by atoms with Crippen molar-refractivity contribution in [1.82, 2.24) is 0 Å². The van der Waals surface area contributed by atoms with Gasteiger partial charge in [-0.1, -0.05) is 0 Å². The number of ether oxygens (including phenoxy) is 2. The van der Waals surface area contributed by atoms with E-state index < -0.39 is 11.6 Å². The van der Waals surface area contributed by atoms with Crippen molar-refractivity contribution in [2.75, 3.05) is 40.4 Å². The highest BCUT2D eigenvalue weighted by atomic mass is 79.9. The first kappa shape index (κ1) is 20.7. The molecular weight excluding hydrogens is 406 g/mol. The van der Waals surface area contributed by atoms with Crippen LogP contribution in [0.2, 0.25) is 0 Å². The first-order valence-electron chi connectivity index (χ1n) is 8.34. The fourth-order valence-electron chi connectivity index (χ4n) is 3.24. The van der Waals surface area contributed by atoms with E-state index in [-0.39, 0.29) is 47.8 Å². The SMILES string of the molecule is C[N+]1(C)CCC(OC(=O)C(OCCO)(c2ccco2)c2ccco2)C1.[Br-]. The number of nitrogens with zero attached hydrogens (tertiary/aromatic N) is 1. The van der Waals surface area contributed by atoms with Crippen molar-refractivity contribution in [3.63, 3.8) is 0 Å². The van der Waals surface area contributed by atoms with Crippen LogP contribution in [-0.4, -0.2) is 62.1 Å². The topological polar surface area (TPSA) is 82.0 Å². The van der Waals surface area contributed by atoms with Crippen LogP contribution in [-0.2, 0) is 19.9 Å². The number of carbonyl (C=O) groups excluding carboxylic acids is 1. The van der Waals surface area contributed by atoms with Crippen LogP contribution in [0.4, 0.5) is 0 Å². The molecule has 1 N–H and O–H groups in total. The Bertz CT molecular complexity index is 648. The van der Waals surface area contributed by atoms with E-state index in [1.54, 1.807) is 24.3 Å². The Morgan fingerprint density at radius 2 is 1.88 bits per heavy atom. The third-order valence-electron chi connectivity index (χ3n) is 4.46. The van der Waals surface area contributed by atoms with Gasteiger partial charge >= 0.3 is 5.97 Å². The molecule has 1 aliphatic heterocycles. The Morgan fingerprint density at radius 3 is 2.31 bits per heavy atom. The Balaban J connectivity index is 0.00000243. The van der Waals surface area contributed by atoms with Gasteiger partial charge in [-0.2, -0.15) is 0 Å². The maximum Gasteiger partial charge on any atom is 0.355 e. The van der Waals surface area contributed by atoms with E-state index >= 15 is 0 Å². The van der Waals surface area contributed by atoms with E-state index in [4.69, 9.17) is 18.3 Å². The number of aliphatic hydroxyl groups excluding tert-OH is 1. The molecule has 0 amide bonds. The van der Waals surface area contributed by atoms with Gasteiger partial charge in [0.05, 0.1) is 46.4 Å². The maximum absolute atomic E-state index is 13.2. The third-order valence-corrected chi connectivity index (χ3v) is 4.46. The lowest BCUT2D eigenvalue weighted by Crippen LogP contribution is -3.00. The van der Waals surface area contributed by atoms with Crippen LogP contribution in [0.15, 0.2) is 45.6 Å². The molecule has 26 heavy (non-hydrogen) atoms. The molecule has 0 aliphatic carbocycles. The highest BCUT2D eigenvalue weighted by Gasteiger charge is 2.52. The van der Waals surface area contributed by atoms with Gasteiger partial charge in [0.1, 0.15) is 6.54 Å². The summed E-state index contributed by atoms with van der Waals surface area (Å²) in [7, 11) is 4.20. The molecule has 8 heteroatoms. The van der Waals surface area contributed by atoms with Crippen molar-refractivity contribution in [2.24, 2.45) is 0 Å². The van der Waals surface area contributed by atoms with Crippen molar-refractivity contribution in [2.45, 2.75) is 18.1 Å². The average Bonchev–Trinajstić information content (AvgIpc) is 3.31. The predicted octanol–water partition coefficient (Wildman–Crippen LogP) is -1.48. The lowest BCUT2D eigenvalue weighted by atomic mass is 9.97. The molecule has 144 valence electrons. The molecule has 0 aromatic carbocycles. The number of esters is 1. The van der Waals surface area contributed by atoms with Crippen molar-refractivity contribution < 1.29 is 49.7 Å². The van der Waals surface area contributed by atoms with Gasteiger partial charge in [-0.25, -0.2) is 4.79 Å². The van der Waals surface area contributed by atoms with Gasteiger partial charge in [-0.15, -0.1) is 0 Å². The minimum atomic E-state index is -1.67. The van der Waals surface area contributed by atoms with E-state index in [0.29, 0.717) is 0 Å². The van der Waals surface area contributed by atoms with Gasteiger partial charge < -0.3 is 44.9 Å². The van der Waals surface area contributed by atoms with Gasteiger partial charge in [0, 0.05) is 6.42 Å². The summed E-state index contributed by atoms with van der Waals surface area (Å²) in [6.45, 7) is 1.36. The number of quaternary nitrogens is 1. The van der Waals surface area contributed by atoms with Gasteiger partial charge in [0.15, 0.2) is 17.6 Å². The zero-order valence-electron chi connectivity index (χ0n) is 14.9. The number of furan rings is 2.